The zero-order chi connectivity index (χ0) is 15.0. The monoisotopic (exact) mass is 285 g/mol. The highest BCUT2D eigenvalue weighted by atomic mass is 16.2. The molecule has 0 saturated carbocycles. The summed E-state index contributed by atoms with van der Waals surface area (Å²) in [6, 6.07) is 5.47. The van der Waals surface area contributed by atoms with Crippen molar-refractivity contribution in [1.29, 1.82) is 0 Å². The van der Waals surface area contributed by atoms with Crippen molar-refractivity contribution in [3.05, 3.63) is 35.2 Å². The molecule has 1 amide bonds. The van der Waals surface area contributed by atoms with Gasteiger partial charge in [-0.15, -0.1) is 5.10 Å². The summed E-state index contributed by atoms with van der Waals surface area (Å²) in [6.45, 7) is 2.17. The van der Waals surface area contributed by atoms with Gasteiger partial charge in [-0.2, -0.15) is 0 Å². The Labute approximate surface area is 121 Å². The molecule has 0 saturated heterocycles. The topological polar surface area (TPSA) is 81.0 Å². The van der Waals surface area contributed by atoms with Crippen LogP contribution < -0.4 is 4.90 Å². The molecular formula is C14H15N5O2. The van der Waals surface area contributed by atoms with E-state index in [1.807, 2.05) is 12.1 Å². The largest absolute Gasteiger partial charge is 0.311 e. The number of hydrogen-bond acceptors (Lipinski definition) is 5. The van der Waals surface area contributed by atoms with Gasteiger partial charge in [0.05, 0.1) is 6.42 Å². The lowest BCUT2D eigenvalue weighted by molar-refractivity contribution is -0.118. The smallest absolute Gasteiger partial charge is 0.234 e. The highest BCUT2D eigenvalue weighted by Crippen LogP contribution is 2.29. The van der Waals surface area contributed by atoms with Crippen LogP contribution in [0, 0.1) is 0 Å². The number of nitrogens with zero attached hydrogens (tertiary/aromatic N) is 5. The van der Waals surface area contributed by atoms with Gasteiger partial charge in [0.25, 0.3) is 0 Å². The van der Waals surface area contributed by atoms with E-state index in [9.17, 15) is 9.59 Å². The zero-order valence-corrected chi connectivity index (χ0v) is 11.9. The summed E-state index contributed by atoms with van der Waals surface area (Å²) in [5, 5.41) is 11.1. The van der Waals surface area contributed by atoms with Crippen LogP contribution >= 0.6 is 0 Å². The van der Waals surface area contributed by atoms with Crippen LogP contribution in [0.2, 0.25) is 0 Å². The lowest BCUT2D eigenvalue weighted by Gasteiger charge is -2.17. The summed E-state index contributed by atoms with van der Waals surface area (Å²) in [6.07, 6.45) is 0.927. The summed E-state index contributed by atoms with van der Waals surface area (Å²) >= 11 is 0. The standard InChI is InChI=1S/C14H15N5O2/c1-9(20)10-3-4-12-11(7-10)5-6-19(12)14(21)8-13-15-16-17-18(13)2/h3-4,7H,5-6,8H2,1-2H3. The van der Waals surface area contributed by atoms with Gasteiger partial charge in [-0.3, -0.25) is 9.59 Å². The third kappa shape index (κ3) is 2.42. The summed E-state index contributed by atoms with van der Waals surface area (Å²) in [4.78, 5) is 25.5. The second-order valence-corrected chi connectivity index (χ2v) is 5.09. The Balaban J connectivity index is 1.82. The van der Waals surface area contributed by atoms with Crippen LogP contribution in [-0.4, -0.2) is 38.4 Å². The summed E-state index contributed by atoms with van der Waals surface area (Å²) in [7, 11) is 1.71. The zero-order valence-electron chi connectivity index (χ0n) is 11.9. The maximum absolute atomic E-state index is 12.4. The maximum atomic E-state index is 12.4. The van der Waals surface area contributed by atoms with Gasteiger partial charge >= 0.3 is 0 Å². The molecule has 0 fully saturated rings. The normalized spacial score (nSPS) is 13.3. The molecule has 0 unspecified atom stereocenters. The van der Waals surface area contributed by atoms with Gasteiger partial charge in [0, 0.05) is 24.8 Å². The Hall–Kier alpha value is -2.57. The first-order valence-corrected chi connectivity index (χ1v) is 6.71. The van der Waals surface area contributed by atoms with E-state index >= 15 is 0 Å². The van der Waals surface area contributed by atoms with Crippen LogP contribution in [0.15, 0.2) is 18.2 Å². The summed E-state index contributed by atoms with van der Waals surface area (Å²) in [5.74, 6) is 0.531. The van der Waals surface area contributed by atoms with Crippen molar-refractivity contribution in [1.82, 2.24) is 20.2 Å². The molecule has 0 bridgehead atoms. The average molecular weight is 285 g/mol. The van der Waals surface area contributed by atoms with Crippen LogP contribution in [0.4, 0.5) is 5.69 Å². The fraction of sp³-hybridized carbons (Fsp3) is 0.357. The second kappa shape index (κ2) is 5.08. The molecule has 0 spiro atoms. The first kappa shape index (κ1) is 13.4. The molecule has 1 aromatic carbocycles. The predicted octanol–water partition coefficient (Wildman–Crippen LogP) is 0.544. The number of fused-ring (bicyclic) bond motifs is 1. The number of aryl methyl sites for hydroxylation is 1. The van der Waals surface area contributed by atoms with Crippen LogP contribution in [0.1, 0.15) is 28.7 Å². The van der Waals surface area contributed by atoms with Gasteiger partial charge in [0.2, 0.25) is 5.91 Å². The van der Waals surface area contributed by atoms with E-state index in [0.29, 0.717) is 17.9 Å². The van der Waals surface area contributed by atoms with Crippen molar-refractivity contribution in [2.45, 2.75) is 19.8 Å². The lowest BCUT2D eigenvalue weighted by Crippen LogP contribution is -2.31. The molecule has 7 heteroatoms. The summed E-state index contributed by atoms with van der Waals surface area (Å²) < 4.78 is 1.49. The van der Waals surface area contributed by atoms with Crippen LogP contribution in [0.5, 0.6) is 0 Å². The third-order valence-electron chi connectivity index (χ3n) is 3.70. The number of carbonyl (C=O) groups is 2. The fourth-order valence-corrected chi connectivity index (χ4v) is 2.51. The van der Waals surface area contributed by atoms with Gasteiger partial charge in [-0.1, -0.05) is 0 Å². The number of ketones is 1. The molecule has 0 atom stereocenters. The van der Waals surface area contributed by atoms with Crippen molar-refractivity contribution in [3.63, 3.8) is 0 Å². The molecule has 2 heterocycles. The highest BCUT2D eigenvalue weighted by molar-refractivity contribution is 5.99. The minimum atomic E-state index is -0.0396. The molecule has 0 aliphatic carbocycles. The van der Waals surface area contributed by atoms with Gasteiger partial charge in [-0.05, 0) is 47.5 Å². The molecule has 1 aromatic heterocycles. The molecule has 0 radical (unpaired) electrons. The third-order valence-corrected chi connectivity index (χ3v) is 3.70. The molecule has 7 nitrogen and oxygen atoms in total. The molecule has 2 aromatic rings. The van der Waals surface area contributed by atoms with Crippen LogP contribution in [-0.2, 0) is 24.7 Å². The van der Waals surface area contributed by atoms with Gasteiger partial charge in [0.1, 0.15) is 0 Å². The van der Waals surface area contributed by atoms with Gasteiger partial charge in [0.15, 0.2) is 11.6 Å². The highest BCUT2D eigenvalue weighted by Gasteiger charge is 2.26. The molecule has 108 valence electrons. The lowest BCUT2D eigenvalue weighted by atomic mass is 10.1. The van der Waals surface area contributed by atoms with Crippen molar-refractivity contribution in [2.75, 3.05) is 11.4 Å². The van der Waals surface area contributed by atoms with E-state index in [4.69, 9.17) is 0 Å². The Morgan fingerprint density at radius 1 is 1.33 bits per heavy atom. The predicted molar refractivity (Wildman–Crippen MR) is 75.0 cm³/mol. The maximum Gasteiger partial charge on any atom is 0.234 e. The number of amides is 1. The number of hydrogen-bond donors (Lipinski definition) is 0. The number of anilines is 1. The van der Waals surface area contributed by atoms with E-state index in [1.54, 1.807) is 24.9 Å². The molecule has 21 heavy (non-hydrogen) atoms. The van der Waals surface area contributed by atoms with Crippen LogP contribution in [0.25, 0.3) is 0 Å². The first-order valence-electron chi connectivity index (χ1n) is 6.71. The Morgan fingerprint density at radius 2 is 2.14 bits per heavy atom. The molecule has 1 aliphatic rings. The number of Topliss-reactive ketones (excluding diaryl/α,β-unsaturated/α-hetero) is 1. The number of aromatic nitrogens is 4. The Morgan fingerprint density at radius 3 is 2.81 bits per heavy atom. The van der Waals surface area contributed by atoms with E-state index in [0.717, 1.165) is 17.7 Å². The number of tetrazole rings is 1. The summed E-state index contributed by atoms with van der Waals surface area (Å²) in [5.41, 5.74) is 2.59. The second-order valence-electron chi connectivity index (χ2n) is 5.09. The SMILES string of the molecule is CC(=O)c1ccc2c(c1)CCN2C(=O)Cc1nnnn1C. The Kier molecular flexibility index (Phi) is 3.25. The van der Waals surface area contributed by atoms with Crippen molar-refractivity contribution in [2.24, 2.45) is 7.05 Å². The molecule has 1 aliphatic heterocycles. The van der Waals surface area contributed by atoms with Crippen molar-refractivity contribution in [3.8, 4) is 0 Å². The van der Waals surface area contributed by atoms with E-state index in [2.05, 4.69) is 15.5 Å². The number of benzene rings is 1. The number of rotatable bonds is 3. The minimum Gasteiger partial charge on any atom is -0.311 e. The van der Waals surface area contributed by atoms with E-state index in [-0.39, 0.29) is 18.1 Å². The van der Waals surface area contributed by atoms with E-state index in [1.165, 1.54) is 4.68 Å². The minimum absolute atomic E-state index is 0.0349. The quantitative estimate of drug-likeness (QED) is 0.769. The molecular weight excluding hydrogens is 270 g/mol. The van der Waals surface area contributed by atoms with Crippen LogP contribution in [0.3, 0.4) is 0 Å². The molecule has 0 N–H and O–H groups in total. The first-order chi connectivity index (χ1) is 10.1. The molecule has 3 rings (SSSR count). The number of carbonyl (C=O) groups excluding carboxylic acids is 2. The van der Waals surface area contributed by atoms with E-state index < -0.39 is 0 Å². The van der Waals surface area contributed by atoms with Gasteiger partial charge < -0.3 is 4.90 Å². The Bertz CT molecular complexity index is 722. The fourth-order valence-electron chi connectivity index (χ4n) is 2.51. The van der Waals surface area contributed by atoms with Crippen molar-refractivity contribution < 1.29 is 9.59 Å². The van der Waals surface area contributed by atoms with Gasteiger partial charge in [-0.25, -0.2) is 4.68 Å². The van der Waals surface area contributed by atoms with Crippen molar-refractivity contribution >= 4 is 17.4 Å². The average Bonchev–Trinajstić information content (AvgIpc) is 3.04.